The van der Waals surface area contributed by atoms with Crippen molar-refractivity contribution in [1.29, 1.82) is 0 Å². The summed E-state index contributed by atoms with van der Waals surface area (Å²) >= 11 is 0. The second-order valence-electron chi connectivity index (χ2n) is 7.47. The van der Waals surface area contributed by atoms with E-state index < -0.39 is 0 Å². The normalized spacial score (nSPS) is 21.6. The highest BCUT2D eigenvalue weighted by Gasteiger charge is 2.37. The van der Waals surface area contributed by atoms with Gasteiger partial charge in [0.1, 0.15) is 5.82 Å². The van der Waals surface area contributed by atoms with Crippen LogP contribution in [0.5, 0.6) is 0 Å². The molecule has 0 fully saturated rings. The van der Waals surface area contributed by atoms with E-state index >= 15 is 0 Å². The van der Waals surface area contributed by atoms with Crippen LogP contribution in [0.3, 0.4) is 0 Å². The second-order valence-corrected chi connectivity index (χ2v) is 7.47. The second kappa shape index (κ2) is 4.47. The largest absolute Gasteiger partial charge is 0.207 e. The van der Waals surface area contributed by atoms with E-state index in [1.807, 2.05) is 19.1 Å². The van der Waals surface area contributed by atoms with Crippen molar-refractivity contribution in [2.75, 3.05) is 0 Å². The molecule has 0 saturated heterocycles. The fraction of sp³-hybridized carbons (Fsp3) is 0.556. The van der Waals surface area contributed by atoms with Crippen LogP contribution in [-0.2, 0) is 0 Å². The minimum absolute atomic E-state index is 0.115. The third-order valence-electron chi connectivity index (χ3n) is 4.55. The molecule has 0 bridgehead atoms. The molecule has 0 aliphatic heterocycles. The molecule has 19 heavy (non-hydrogen) atoms. The van der Waals surface area contributed by atoms with Crippen LogP contribution in [0.15, 0.2) is 23.8 Å². The summed E-state index contributed by atoms with van der Waals surface area (Å²) in [6, 6.07) is 5.52. The molecule has 1 aromatic carbocycles. The minimum atomic E-state index is -0.115. The van der Waals surface area contributed by atoms with Crippen molar-refractivity contribution in [3.8, 4) is 0 Å². The number of benzene rings is 1. The summed E-state index contributed by atoms with van der Waals surface area (Å²) in [5.74, 6) is -0.115. The van der Waals surface area contributed by atoms with Crippen LogP contribution >= 0.6 is 0 Å². The number of aryl methyl sites for hydroxylation is 1. The summed E-state index contributed by atoms with van der Waals surface area (Å²) in [4.78, 5) is 0. The van der Waals surface area contributed by atoms with Gasteiger partial charge in [0, 0.05) is 0 Å². The number of halogens is 1. The molecule has 1 aromatic rings. The highest BCUT2D eigenvalue weighted by Crippen LogP contribution is 2.51. The minimum Gasteiger partial charge on any atom is -0.207 e. The maximum atomic E-state index is 13.5. The zero-order chi connectivity index (χ0) is 14.4. The van der Waals surface area contributed by atoms with Crippen LogP contribution in [0.4, 0.5) is 4.39 Å². The van der Waals surface area contributed by atoms with Gasteiger partial charge in [-0.15, -0.1) is 0 Å². The molecule has 0 heterocycles. The topological polar surface area (TPSA) is 0 Å². The molecule has 0 spiro atoms. The third-order valence-corrected chi connectivity index (χ3v) is 4.55. The summed E-state index contributed by atoms with van der Waals surface area (Å²) < 4.78 is 13.5. The average Bonchev–Trinajstić information content (AvgIpc) is 2.26. The van der Waals surface area contributed by atoms with E-state index in [1.54, 1.807) is 6.07 Å². The van der Waals surface area contributed by atoms with E-state index in [1.165, 1.54) is 23.1 Å². The molecule has 0 saturated carbocycles. The van der Waals surface area contributed by atoms with Crippen LogP contribution in [-0.4, -0.2) is 0 Å². The first-order valence-electron chi connectivity index (χ1n) is 7.09. The molecule has 0 atom stereocenters. The predicted octanol–water partition coefficient (Wildman–Crippen LogP) is 5.75. The number of rotatable bonds is 1. The Hall–Kier alpha value is -1.11. The fourth-order valence-corrected chi connectivity index (χ4v) is 3.56. The lowest BCUT2D eigenvalue weighted by Gasteiger charge is -2.43. The fourth-order valence-electron chi connectivity index (χ4n) is 3.56. The van der Waals surface area contributed by atoms with Crippen molar-refractivity contribution >= 4 is 5.57 Å². The lowest BCUT2D eigenvalue weighted by atomic mass is 9.62. The summed E-state index contributed by atoms with van der Waals surface area (Å²) in [6.45, 7) is 13.4. The molecule has 0 radical (unpaired) electrons. The van der Waals surface area contributed by atoms with Gasteiger partial charge in [-0.1, -0.05) is 39.3 Å². The van der Waals surface area contributed by atoms with Gasteiger partial charge in [-0.05, 0) is 66.4 Å². The zero-order valence-corrected chi connectivity index (χ0v) is 13.0. The van der Waals surface area contributed by atoms with E-state index in [0.717, 1.165) is 12.0 Å². The molecule has 0 N–H and O–H groups in total. The summed E-state index contributed by atoms with van der Waals surface area (Å²) in [7, 11) is 0. The highest BCUT2D eigenvalue weighted by molar-refractivity contribution is 5.71. The Morgan fingerprint density at radius 1 is 1.05 bits per heavy atom. The van der Waals surface area contributed by atoms with E-state index in [0.29, 0.717) is 5.41 Å². The Bertz CT molecular complexity index is 533. The van der Waals surface area contributed by atoms with Gasteiger partial charge in [-0.25, -0.2) is 4.39 Å². The third kappa shape index (κ3) is 2.75. The molecule has 104 valence electrons. The standard InChI is InChI=1S/C18H25F/c1-12-9-14(7-8-16(12)19)15-10-17(3,4)11-18(5,6)13(15)2/h7-9H,10-11H2,1-6H3. The number of allylic oxidation sites excluding steroid dienone is 2. The maximum Gasteiger partial charge on any atom is 0.126 e. The molecule has 1 heteroatoms. The monoisotopic (exact) mass is 260 g/mol. The number of hydrogen-bond donors (Lipinski definition) is 0. The molecule has 1 aliphatic rings. The molecule has 1 aliphatic carbocycles. The van der Waals surface area contributed by atoms with Crippen molar-refractivity contribution in [3.63, 3.8) is 0 Å². The first-order chi connectivity index (χ1) is 8.62. The van der Waals surface area contributed by atoms with Crippen molar-refractivity contribution in [3.05, 3.63) is 40.7 Å². The van der Waals surface area contributed by atoms with Gasteiger partial charge in [0.15, 0.2) is 0 Å². The van der Waals surface area contributed by atoms with Crippen molar-refractivity contribution in [2.24, 2.45) is 10.8 Å². The predicted molar refractivity (Wildman–Crippen MR) is 80.5 cm³/mol. The van der Waals surface area contributed by atoms with Crippen molar-refractivity contribution < 1.29 is 4.39 Å². The lowest BCUT2D eigenvalue weighted by molar-refractivity contribution is 0.215. The van der Waals surface area contributed by atoms with Gasteiger partial charge in [0.25, 0.3) is 0 Å². The van der Waals surface area contributed by atoms with E-state index in [4.69, 9.17) is 0 Å². The lowest BCUT2D eigenvalue weighted by Crippen LogP contribution is -2.30. The van der Waals surface area contributed by atoms with Crippen molar-refractivity contribution in [1.82, 2.24) is 0 Å². The summed E-state index contributed by atoms with van der Waals surface area (Å²) in [6.07, 6.45) is 2.28. The number of hydrogen-bond acceptors (Lipinski definition) is 0. The Labute approximate surface area is 116 Å². The van der Waals surface area contributed by atoms with Gasteiger partial charge >= 0.3 is 0 Å². The Morgan fingerprint density at radius 3 is 2.26 bits per heavy atom. The van der Waals surface area contributed by atoms with E-state index in [2.05, 4.69) is 34.6 Å². The highest BCUT2D eigenvalue weighted by atomic mass is 19.1. The molecule has 0 aromatic heterocycles. The van der Waals surface area contributed by atoms with Crippen molar-refractivity contribution in [2.45, 2.75) is 54.4 Å². The first kappa shape index (κ1) is 14.3. The summed E-state index contributed by atoms with van der Waals surface area (Å²) in [5.41, 5.74) is 5.32. The first-order valence-corrected chi connectivity index (χ1v) is 7.09. The molecular weight excluding hydrogens is 235 g/mol. The van der Waals surface area contributed by atoms with Crippen LogP contribution in [0, 0.1) is 23.6 Å². The molecule has 0 unspecified atom stereocenters. The molecule has 2 rings (SSSR count). The Morgan fingerprint density at radius 2 is 1.68 bits per heavy atom. The quantitative estimate of drug-likeness (QED) is 0.602. The van der Waals surface area contributed by atoms with Gasteiger partial charge in [0.05, 0.1) is 0 Å². The van der Waals surface area contributed by atoms with Gasteiger partial charge < -0.3 is 0 Å². The van der Waals surface area contributed by atoms with E-state index in [9.17, 15) is 4.39 Å². The average molecular weight is 260 g/mol. The zero-order valence-electron chi connectivity index (χ0n) is 13.0. The SMILES string of the molecule is CC1=C(c2ccc(F)c(C)c2)CC(C)(C)CC1(C)C. The Kier molecular flexibility index (Phi) is 3.36. The van der Waals surface area contributed by atoms with Gasteiger partial charge in [0.2, 0.25) is 0 Å². The summed E-state index contributed by atoms with van der Waals surface area (Å²) in [5, 5.41) is 0. The van der Waals surface area contributed by atoms with Crippen LogP contribution < -0.4 is 0 Å². The molecule has 0 amide bonds. The van der Waals surface area contributed by atoms with Crippen LogP contribution in [0.1, 0.15) is 58.6 Å². The van der Waals surface area contributed by atoms with Gasteiger partial charge in [-0.3, -0.25) is 0 Å². The Balaban J connectivity index is 2.55. The van der Waals surface area contributed by atoms with Crippen LogP contribution in [0.25, 0.3) is 5.57 Å². The molecule has 0 nitrogen and oxygen atoms in total. The van der Waals surface area contributed by atoms with E-state index in [-0.39, 0.29) is 11.2 Å². The molecular formula is C18H25F. The maximum absolute atomic E-state index is 13.5. The van der Waals surface area contributed by atoms with Gasteiger partial charge in [-0.2, -0.15) is 0 Å². The smallest absolute Gasteiger partial charge is 0.126 e. The van der Waals surface area contributed by atoms with Crippen LogP contribution in [0.2, 0.25) is 0 Å².